The number of aromatic nitrogens is 5. The third-order valence-corrected chi connectivity index (χ3v) is 8.61. The van der Waals surface area contributed by atoms with E-state index in [0.29, 0.717) is 60.1 Å². The van der Waals surface area contributed by atoms with Crippen LogP contribution >= 0.6 is 0 Å². The zero-order chi connectivity index (χ0) is 32.9. The second-order valence-electron chi connectivity index (χ2n) is 12.7. The maximum atomic E-state index is 15.4. The average Bonchev–Trinajstić information content (AvgIpc) is 3.54. The summed E-state index contributed by atoms with van der Waals surface area (Å²) in [5.41, 5.74) is 4.96. The molecular formula is C36H34FN7O3. The Morgan fingerprint density at radius 2 is 1.83 bits per heavy atom. The first-order chi connectivity index (χ1) is 22.6. The molecule has 1 amide bonds. The zero-order valence-corrected chi connectivity index (χ0v) is 26.6. The molecule has 5 heterocycles. The number of carbonyl (C=O) groups excluding carboxylic acids is 1. The monoisotopic (exact) mass is 631 g/mol. The van der Waals surface area contributed by atoms with Crippen LogP contribution in [-0.2, 0) is 10.2 Å². The number of fused-ring (bicyclic) bond motifs is 2. The topological polar surface area (TPSA) is 107 Å². The molecule has 4 aromatic heterocycles. The molecule has 1 aliphatic heterocycles. The minimum atomic E-state index is -0.559. The summed E-state index contributed by atoms with van der Waals surface area (Å²) in [4.78, 5) is 37.3. The number of anilines is 2. The summed E-state index contributed by atoms with van der Waals surface area (Å²) in [5.74, 6) is -0.0758. The zero-order valence-electron chi connectivity index (χ0n) is 26.6. The van der Waals surface area contributed by atoms with Crippen LogP contribution in [0.5, 0.6) is 0 Å². The molecule has 1 aliphatic rings. The lowest BCUT2D eigenvalue weighted by atomic mass is 9.86. The predicted molar refractivity (Wildman–Crippen MR) is 179 cm³/mol. The van der Waals surface area contributed by atoms with E-state index in [1.54, 1.807) is 41.7 Å². The summed E-state index contributed by atoms with van der Waals surface area (Å²) in [6.07, 6.45) is 8.64. The minimum absolute atomic E-state index is 0.00860. The standard InChI is InChI=1S/C36H34FN7O3/c1-22-27(6-5-7-30(22)44-35(46)32-24(20-40-44)16-26(18-28(32)37)36(2,3)4)25-17-29(33-38-10-11-43(33)21-25)41-31-9-8-23(19-39-31)34(45)42-12-14-47-15-13-42/h5-11,16-21H,12-15H2,1-4H3,(H,39,41). The van der Waals surface area contributed by atoms with E-state index in [1.807, 2.05) is 68.8 Å². The van der Waals surface area contributed by atoms with E-state index in [1.165, 1.54) is 10.7 Å². The van der Waals surface area contributed by atoms with Gasteiger partial charge in [0.1, 0.15) is 11.6 Å². The molecule has 1 fully saturated rings. The lowest BCUT2D eigenvalue weighted by molar-refractivity contribution is 0.0302. The van der Waals surface area contributed by atoms with Crippen LogP contribution in [0.15, 0.2) is 84.3 Å². The highest BCUT2D eigenvalue weighted by atomic mass is 19.1. The second kappa shape index (κ2) is 11.7. The summed E-state index contributed by atoms with van der Waals surface area (Å²) >= 11 is 0. The van der Waals surface area contributed by atoms with E-state index in [-0.39, 0.29) is 16.7 Å². The van der Waals surface area contributed by atoms with Crippen molar-refractivity contribution in [2.45, 2.75) is 33.1 Å². The van der Waals surface area contributed by atoms with Crippen molar-refractivity contribution in [2.75, 3.05) is 31.6 Å². The number of hydrogen-bond donors (Lipinski definition) is 1. The number of halogens is 1. The summed E-state index contributed by atoms with van der Waals surface area (Å²) in [6, 6.07) is 14.4. The largest absolute Gasteiger partial charge is 0.378 e. The van der Waals surface area contributed by atoms with Crippen LogP contribution in [0, 0.1) is 12.7 Å². The van der Waals surface area contributed by atoms with Crippen molar-refractivity contribution in [3.05, 3.63) is 112 Å². The van der Waals surface area contributed by atoms with Gasteiger partial charge in [-0.05, 0) is 65.4 Å². The number of hydrogen-bond acceptors (Lipinski definition) is 7. The Morgan fingerprint density at radius 1 is 1.02 bits per heavy atom. The Bertz CT molecular complexity index is 2210. The summed E-state index contributed by atoms with van der Waals surface area (Å²) in [5, 5.41) is 8.31. The Morgan fingerprint density at radius 3 is 2.57 bits per heavy atom. The van der Waals surface area contributed by atoms with Gasteiger partial charge in [0.2, 0.25) is 0 Å². The van der Waals surface area contributed by atoms with Crippen molar-refractivity contribution in [3.8, 4) is 16.8 Å². The number of ether oxygens (including phenoxy) is 1. The molecule has 0 bridgehead atoms. The van der Waals surface area contributed by atoms with Crippen molar-refractivity contribution >= 4 is 33.8 Å². The van der Waals surface area contributed by atoms with Crippen LogP contribution < -0.4 is 10.9 Å². The van der Waals surface area contributed by atoms with Gasteiger partial charge in [0.25, 0.3) is 11.5 Å². The lowest BCUT2D eigenvalue weighted by Gasteiger charge is -2.26. The molecule has 0 atom stereocenters. The molecule has 7 rings (SSSR count). The first-order valence-electron chi connectivity index (χ1n) is 15.5. The molecule has 2 aromatic carbocycles. The molecule has 0 spiro atoms. The molecule has 47 heavy (non-hydrogen) atoms. The van der Waals surface area contributed by atoms with Crippen molar-refractivity contribution in [1.82, 2.24) is 29.0 Å². The highest BCUT2D eigenvalue weighted by Gasteiger charge is 2.21. The van der Waals surface area contributed by atoms with Gasteiger partial charge in [-0.25, -0.2) is 14.4 Å². The number of benzene rings is 2. The van der Waals surface area contributed by atoms with Crippen LogP contribution in [0.3, 0.4) is 0 Å². The van der Waals surface area contributed by atoms with Gasteiger partial charge in [-0.1, -0.05) is 32.9 Å². The van der Waals surface area contributed by atoms with Crippen LogP contribution in [-0.4, -0.2) is 61.3 Å². The number of imidazole rings is 1. The van der Waals surface area contributed by atoms with Gasteiger partial charge >= 0.3 is 0 Å². The van der Waals surface area contributed by atoms with Gasteiger partial charge < -0.3 is 19.4 Å². The molecule has 0 radical (unpaired) electrons. The first kappa shape index (κ1) is 30.2. The second-order valence-corrected chi connectivity index (χ2v) is 12.7. The molecule has 6 aromatic rings. The Balaban J connectivity index is 1.24. The Hall–Kier alpha value is -5.42. The van der Waals surface area contributed by atoms with Crippen LogP contribution in [0.2, 0.25) is 0 Å². The van der Waals surface area contributed by atoms with Crippen molar-refractivity contribution in [2.24, 2.45) is 0 Å². The average molecular weight is 632 g/mol. The smallest absolute Gasteiger partial charge is 0.282 e. The van der Waals surface area contributed by atoms with E-state index in [9.17, 15) is 9.59 Å². The quantitative estimate of drug-likeness (QED) is 0.247. The predicted octanol–water partition coefficient (Wildman–Crippen LogP) is 6.06. The molecule has 0 aliphatic carbocycles. The maximum Gasteiger partial charge on any atom is 0.282 e. The normalized spacial score (nSPS) is 13.8. The van der Waals surface area contributed by atoms with Crippen LogP contribution in [0.1, 0.15) is 42.3 Å². The van der Waals surface area contributed by atoms with E-state index in [4.69, 9.17) is 4.74 Å². The number of nitrogens with zero attached hydrogens (tertiary/aromatic N) is 6. The van der Waals surface area contributed by atoms with E-state index in [0.717, 1.165) is 22.3 Å². The fourth-order valence-electron chi connectivity index (χ4n) is 5.96. The van der Waals surface area contributed by atoms with Crippen molar-refractivity contribution in [3.63, 3.8) is 0 Å². The van der Waals surface area contributed by atoms with Crippen molar-refractivity contribution < 1.29 is 13.9 Å². The third-order valence-electron chi connectivity index (χ3n) is 8.61. The minimum Gasteiger partial charge on any atom is -0.378 e. The molecular weight excluding hydrogens is 597 g/mol. The van der Waals surface area contributed by atoms with Gasteiger partial charge in [0, 0.05) is 48.8 Å². The fourth-order valence-corrected chi connectivity index (χ4v) is 5.96. The lowest BCUT2D eigenvalue weighted by Crippen LogP contribution is -2.40. The van der Waals surface area contributed by atoms with Crippen LogP contribution in [0.4, 0.5) is 15.9 Å². The number of pyridine rings is 2. The highest BCUT2D eigenvalue weighted by Crippen LogP contribution is 2.32. The van der Waals surface area contributed by atoms with Gasteiger partial charge in [-0.15, -0.1) is 0 Å². The number of carbonyl (C=O) groups is 1. The molecule has 1 N–H and O–H groups in total. The third kappa shape index (κ3) is 5.63. The summed E-state index contributed by atoms with van der Waals surface area (Å²) in [7, 11) is 0. The molecule has 0 saturated carbocycles. The van der Waals surface area contributed by atoms with Crippen LogP contribution in [0.25, 0.3) is 33.2 Å². The van der Waals surface area contributed by atoms with Gasteiger partial charge in [-0.3, -0.25) is 9.59 Å². The van der Waals surface area contributed by atoms with Gasteiger partial charge in [0.05, 0.1) is 41.7 Å². The van der Waals surface area contributed by atoms with Gasteiger partial charge in [-0.2, -0.15) is 9.78 Å². The Labute approximate surface area is 270 Å². The number of morpholine rings is 1. The number of amides is 1. The number of nitrogens with one attached hydrogen (secondary N) is 1. The van der Waals surface area contributed by atoms with Crippen molar-refractivity contribution in [1.29, 1.82) is 0 Å². The van der Waals surface area contributed by atoms with E-state index < -0.39 is 11.4 Å². The first-order valence-corrected chi connectivity index (χ1v) is 15.5. The molecule has 238 valence electrons. The summed E-state index contributed by atoms with van der Waals surface area (Å²) in [6.45, 7) is 10.1. The van der Waals surface area contributed by atoms with E-state index >= 15 is 4.39 Å². The molecule has 1 saturated heterocycles. The molecule has 11 heteroatoms. The Kier molecular flexibility index (Phi) is 7.56. The maximum absolute atomic E-state index is 15.4. The van der Waals surface area contributed by atoms with Gasteiger partial charge in [0.15, 0.2) is 5.65 Å². The fraction of sp³-hybridized carbons (Fsp3) is 0.250. The summed E-state index contributed by atoms with van der Waals surface area (Å²) < 4.78 is 23.9. The SMILES string of the molecule is Cc1c(-c2cc(Nc3ccc(C(=O)N4CCOCC4)cn3)c3nccn3c2)cccc1-n1ncc2cc(C(C)(C)C)cc(F)c2c1=O. The number of rotatable bonds is 5. The molecule has 0 unspecified atom stereocenters. The molecule has 10 nitrogen and oxygen atoms in total. The van der Waals surface area contributed by atoms with E-state index in [2.05, 4.69) is 20.4 Å². The highest BCUT2D eigenvalue weighted by molar-refractivity contribution is 5.94.